The maximum absolute atomic E-state index is 13.6. The number of alkyl halides is 1. The van der Waals surface area contributed by atoms with Crippen molar-refractivity contribution in [2.24, 2.45) is 0 Å². The van der Waals surface area contributed by atoms with Crippen LogP contribution in [0.4, 0.5) is 4.39 Å². The van der Waals surface area contributed by atoms with Crippen LogP contribution >= 0.6 is 11.6 Å². The van der Waals surface area contributed by atoms with E-state index in [1.54, 1.807) is 12.1 Å². The fourth-order valence-corrected chi connectivity index (χ4v) is 1.76. The van der Waals surface area contributed by atoms with Gasteiger partial charge in [-0.1, -0.05) is 11.8 Å². The van der Waals surface area contributed by atoms with Crippen LogP contribution in [0.3, 0.4) is 0 Å². The van der Waals surface area contributed by atoms with Crippen LogP contribution < -0.4 is 4.74 Å². The minimum atomic E-state index is -0.371. The van der Waals surface area contributed by atoms with Gasteiger partial charge in [0.05, 0.1) is 13.2 Å². The summed E-state index contributed by atoms with van der Waals surface area (Å²) < 4.78 is 24.3. The van der Waals surface area contributed by atoms with E-state index in [4.69, 9.17) is 21.1 Å². The molecule has 2 nitrogen and oxygen atoms in total. The second kappa shape index (κ2) is 6.63. The lowest BCUT2D eigenvalue weighted by Crippen LogP contribution is -2.16. The number of ether oxygens (including phenoxy) is 2. The van der Waals surface area contributed by atoms with E-state index in [1.165, 1.54) is 6.07 Å². The van der Waals surface area contributed by atoms with Crippen molar-refractivity contribution < 1.29 is 13.9 Å². The molecule has 1 fully saturated rings. The van der Waals surface area contributed by atoms with Crippen molar-refractivity contribution in [1.29, 1.82) is 0 Å². The van der Waals surface area contributed by atoms with Crippen LogP contribution in [-0.2, 0) is 4.74 Å². The number of halogens is 2. The molecule has 1 saturated heterocycles. The highest BCUT2D eigenvalue weighted by Crippen LogP contribution is 2.22. The maximum Gasteiger partial charge on any atom is 0.165 e. The van der Waals surface area contributed by atoms with Crippen LogP contribution in [0.2, 0.25) is 0 Å². The Bertz CT molecular complexity index is 459. The van der Waals surface area contributed by atoms with Crippen LogP contribution in [-0.4, -0.2) is 25.2 Å². The smallest absolute Gasteiger partial charge is 0.165 e. The normalized spacial score (nSPS) is 18.2. The predicted molar refractivity (Wildman–Crippen MR) is 68.5 cm³/mol. The van der Waals surface area contributed by atoms with Gasteiger partial charge in [-0.25, -0.2) is 4.39 Å². The Morgan fingerprint density at radius 1 is 1.50 bits per heavy atom. The van der Waals surface area contributed by atoms with Crippen molar-refractivity contribution in [2.45, 2.75) is 18.9 Å². The lowest BCUT2D eigenvalue weighted by atomic mass is 10.2. The Kier molecular flexibility index (Phi) is 4.86. The van der Waals surface area contributed by atoms with Crippen LogP contribution in [0.25, 0.3) is 0 Å². The molecule has 18 heavy (non-hydrogen) atoms. The molecule has 1 aromatic carbocycles. The van der Waals surface area contributed by atoms with Crippen molar-refractivity contribution >= 4 is 11.6 Å². The van der Waals surface area contributed by atoms with E-state index in [1.807, 2.05) is 0 Å². The summed E-state index contributed by atoms with van der Waals surface area (Å²) in [6.45, 7) is 1.18. The minimum absolute atomic E-state index is 0.0643. The molecule has 1 atom stereocenters. The first-order valence-electron chi connectivity index (χ1n) is 5.88. The Balaban J connectivity index is 2.08. The SMILES string of the molecule is Fc1ccc(C#CCCCl)cc1OC1CCOC1. The van der Waals surface area contributed by atoms with E-state index in [-0.39, 0.29) is 17.7 Å². The first-order chi connectivity index (χ1) is 8.79. The predicted octanol–water partition coefficient (Wildman–Crippen LogP) is 2.97. The van der Waals surface area contributed by atoms with E-state index >= 15 is 0 Å². The van der Waals surface area contributed by atoms with E-state index in [2.05, 4.69) is 11.8 Å². The topological polar surface area (TPSA) is 18.5 Å². The van der Waals surface area contributed by atoms with Gasteiger partial charge >= 0.3 is 0 Å². The summed E-state index contributed by atoms with van der Waals surface area (Å²) in [6.07, 6.45) is 1.35. The van der Waals surface area contributed by atoms with Crippen molar-refractivity contribution in [3.05, 3.63) is 29.6 Å². The second-order valence-electron chi connectivity index (χ2n) is 3.99. The molecule has 1 aliphatic heterocycles. The molecular weight excluding hydrogens is 255 g/mol. The summed E-state index contributed by atoms with van der Waals surface area (Å²) in [5.41, 5.74) is 0.732. The van der Waals surface area contributed by atoms with E-state index in [0.29, 0.717) is 25.5 Å². The first kappa shape index (κ1) is 13.2. The quantitative estimate of drug-likeness (QED) is 0.620. The molecule has 0 radical (unpaired) electrons. The van der Waals surface area contributed by atoms with Crippen molar-refractivity contribution in [2.75, 3.05) is 19.1 Å². The highest BCUT2D eigenvalue weighted by molar-refractivity contribution is 6.18. The Morgan fingerprint density at radius 3 is 3.11 bits per heavy atom. The third-order valence-corrected chi connectivity index (χ3v) is 2.75. The average Bonchev–Trinajstić information content (AvgIpc) is 2.86. The third-order valence-electron chi connectivity index (χ3n) is 2.56. The van der Waals surface area contributed by atoms with E-state index < -0.39 is 0 Å². The zero-order valence-electron chi connectivity index (χ0n) is 9.92. The third kappa shape index (κ3) is 3.63. The summed E-state index contributed by atoms with van der Waals surface area (Å²) in [6, 6.07) is 4.62. The molecule has 1 unspecified atom stereocenters. The number of hydrogen-bond donors (Lipinski definition) is 0. The van der Waals surface area contributed by atoms with Gasteiger partial charge in [0, 0.05) is 24.3 Å². The zero-order chi connectivity index (χ0) is 12.8. The lowest BCUT2D eigenvalue weighted by Gasteiger charge is -2.12. The lowest BCUT2D eigenvalue weighted by molar-refractivity contribution is 0.138. The molecule has 1 heterocycles. The monoisotopic (exact) mass is 268 g/mol. The molecule has 1 aromatic rings. The Hall–Kier alpha value is -1.24. The molecular formula is C14H14ClFO2. The molecule has 0 amide bonds. The van der Waals surface area contributed by atoms with E-state index in [0.717, 1.165) is 12.0 Å². The van der Waals surface area contributed by atoms with Gasteiger partial charge in [-0.05, 0) is 18.2 Å². The number of benzene rings is 1. The van der Waals surface area contributed by atoms with Gasteiger partial charge in [0.15, 0.2) is 11.6 Å². The van der Waals surface area contributed by atoms with Gasteiger partial charge in [0.1, 0.15) is 6.10 Å². The van der Waals surface area contributed by atoms with Crippen LogP contribution in [0.1, 0.15) is 18.4 Å². The summed E-state index contributed by atoms with van der Waals surface area (Å²) in [5, 5.41) is 0. The van der Waals surface area contributed by atoms with Crippen molar-refractivity contribution in [1.82, 2.24) is 0 Å². The minimum Gasteiger partial charge on any atom is -0.485 e. The fraction of sp³-hybridized carbons (Fsp3) is 0.429. The van der Waals surface area contributed by atoms with Gasteiger partial charge in [0.2, 0.25) is 0 Å². The average molecular weight is 269 g/mol. The first-order valence-corrected chi connectivity index (χ1v) is 6.42. The van der Waals surface area contributed by atoms with Crippen molar-refractivity contribution in [3.8, 4) is 17.6 Å². The van der Waals surface area contributed by atoms with Gasteiger partial charge < -0.3 is 9.47 Å². The standard InChI is InChI=1S/C14H14ClFO2/c15-7-2-1-3-11-4-5-13(16)14(9-11)18-12-6-8-17-10-12/h4-5,9,12H,2,6-8,10H2. The molecule has 0 N–H and O–H groups in total. The molecule has 1 aliphatic rings. The summed E-state index contributed by atoms with van der Waals surface area (Å²) in [7, 11) is 0. The Morgan fingerprint density at radius 2 is 2.39 bits per heavy atom. The Labute approximate surface area is 111 Å². The molecule has 0 spiro atoms. The molecule has 0 aliphatic carbocycles. The highest BCUT2D eigenvalue weighted by Gasteiger charge is 2.18. The van der Waals surface area contributed by atoms with Crippen molar-refractivity contribution in [3.63, 3.8) is 0 Å². The molecule has 0 bridgehead atoms. The van der Waals surface area contributed by atoms with Gasteiger partial charge in [-0.3, -0.25) is 0 Å². The fourth-order valence-electron chi connectivity index (χ4n) is 1.67. The summed E-state index contributed by atoms with van der Waals surface area (Å²) in [5.74, 6) is 6.20. The van der Waals surface area contributed by atoms with Crippen LogP contribution in [0, 0.1) is 17.7 Å². The van der Waals surface area contributed by atoms with E-state index in [9.17, 15) is 4.39 Å². The second-order valence-corrected chi connectivity index (χ2v) is 4.37. The van der Waals surface area contributed by atoms with Gasteiger partial charge in [-0.15, -0.1) is 11.6 Å². The van der Waals surface area contributed by atoms with Crippen LogP contribution in [0.15, 0.2) is 18.2 Å². The van der Waals surface area contributed by atoms with Crippen LogP contribution in [0.5, 0.6) is 5.75 Å². The largest absolute Gasteiger partial charge is 0.485 e. The molecule has 4 heteroatoms. The van der Waals surface area contributed by atoms with Gasteiger partial charge in [-0.2, -0.15) is 0 Å². The highest BCUT2D eigenvalue weighted by atomic mass is 35.5. The molecule has 2 rings (SSSR count). The van der Waals surface area contributed by atoms with Gasteiger partial charge in [0.25, 0.3) is 0 Å². The summed E-state index contributed by atoms with van der Waals surface area (Å²) >= 11 is 5.54. The molecule has 0 aromatic heterocycles. The number of hydrogen-bond acceptors (Lipinski definition) is 2. The number of rotatable bonds is 3. The summed E-state index contributed by atoms with van der Waals surface area (Å²) in [4.78, 5) is 0. The maximum atomic E-state index is 13.6. The molecule has 0 saturated carbocycles. The zero-order valence-corrected chi connectivity index (χ0v) is 10.7. The molecule has 96 valence electrons.